The molecule has 0 bridgehead atoms. The quantitative estimate of drug-likeness (QED) is 0.836. The van der Waals surface area contributed by atoms with Crippen molar-refractivity contribution in [1.29, 1.82) is 0 Å². The van der Waals surface area contributed by atoms with E-state index >= 15 is 0 Å². The zero-order valence-electron chi connectivity index (χ0n) is 11.8. The molecule has 1 saturated heterocycles. The zero-order chi connectivity index (χ0) is 14.5. The summed E-state index contributed by atoms with van der Waals surface area (Å²) in [5.74, 6) is 0.688. The van der Waals surface area contributed by atoms with Crippen molar-refractivity contribution in [2.24, 2.45) is 0 Å². The van der Waals surface area contributed by atoms with Crippen LogP contribution >= 0.6 is 15.9 Å². The lowest BCUT2D eigenvalue weighted by molar-refractivity contribution is -0.142. The van der Waals surface area contributed by atoms with Crippen LogP contribution in [0.3, 0.4) is 0 Å². The lowest BCUT2D eigenvalue weighted by Crippen LogP contribution is -2.31. The van der Waals surface area contributed by atoms with Crippen molar-refractivity contribution in [3.05, 3.63) is 28.2 Å². The van der Waals surface area contributed by atoms with Gasteiger partial charge in [0, 0.05) is 17.4 Å². The summed E-state index contributed by atoms with van der Waals surface area (Å²) in [7, 11) is 1.41. The number of halogens is 1. The van der Waals surface area contributed by atoms with Gasteiger partial charge in [-0.1, -0.05) is 29.3 Å². The maximum Gasteiger partial charge on any atom is 0.323 e. The molecule has 1 heterocycles. The van der Waals surface area contributed by atoms with Crippen LogP contribution in [0.2, 0.25) is 0 Å². The van der Waals surface area contributed by atoms with Gasteiger partial charge in [-0.2, -0.15) is 0 Å². The van der Waals surface area contributed by atoms with Crippen LogP contribution in [-0.4, -0.2) is 31.8 Å². The summed E-state index contributed by atoms with van der Waals surface area (Å²) >= 11 is 3.49. The van der Waals surface area contributed by atoms with Gasteiger partial charge >= 0.3 is 5.97 Å². The standard InChI is InChI=1S/C15H20BrNO3/c1-3-4-10-7-11(16)5-6-14(10)20-12-8-13(17-9-12)15(18)19-2/h5-7,12-13,17H,3-4,8-9H2,1-2H3/t12-,13-/m0/s1. The van der Waals surface area contributed by atoms with E-state index < -0.39 is 0 Å². The molecule has 2 atom stereocenters. The minimum atomic E-state index is -0.255. The molecule has 1 aliphatic heterocycles. The van der Waals surface area contributed by atoms with Crippen LogP contribution in [0, 0.1) is 0 Å². The van der Waals surface area contributed by atoms with Gasteiger partial charge in [-0.15, -0.1) is 0 Å². The second-order valence-electron chi connectivity index (χ2n) is 4.96. The fourth-order valence-electron chi connectivity index (χ4n) is 2.42. The monoisotopic (exact) mass is 341 g/mol. The molecule has 0 unspecified atom stereocenters. The Balaban J connectivity index is 2.02. The van der Waals surface area contributed by atoms with E-state index in [1.165, 1.54) is 12.7 Å². The number of methoxy groups -OCH3 is 1. The van der Waals surface area contributed by atoms with Crippen molar-refractivity contribution in [1.82, 2.24) is 5.32 Å². The number of rotatable bonds is 5. The van der Waals surface area contributed by atoms with E-state index in [1.54, 1.807) is 0 Å². The molecule has 4 nitrogen and oxygen atoms in total. The van der Waals surface area contributed by atoms with Crippen LogP contribution in [0.25, 0.3) is 0 Å². The number of hydrogen-bond donors (Lipinski definition) is 1. The van der Waals surface area contributed by atoms with Gasteiger partial charge in [0.1, 0.15) is 17.9 Å². The van der Waals surface area contributed by atoms with Crippen LogP contribution in [-0.2, 0) is 16.0 Å². The summed E-state index contributed by atoms with van der Waals surface area (Å²) < 4.78 is 11.9. The molecule has 0 aromatic heterocycles. The number of carbonyl (C=O) groups is 1. The third-order valence-corrected chi connectivity index (χ3v) is 3.90. The Kier molecular flexibility index (Phi) is 5.43. The lowest BCUT2D eigenvalue weighted by Gasteiger charge is -2.16. The molecular weight excluding hydrogens is 322 g/mol. The van der Waals surface area contributed by atoms with E-state index in [9.17, 15) is 4.79 Å². The van der Waals surface area contributed by atoms with E-state index in [1.807, 2.05) is 12.1 Å². The summed E-state index contributed by atoms with van der Waals surface area (Å²) in [6, 6.07) is 5.81. The first-order valence-corrected chi connectivity index (χ1v) is 7.69. The van der Waals surface area contributed by atoms with E-state index in [0.29, 0.717) is 13.0 Å². The van der Waals surface area contributed by atoms with Crippen molar-refractivity contribution in [3.63, 3.8) is 0 Å². The highest BCUT2D eigenvalue weighted by atomic mass is 79.9. The Bertz CT molecular complexity index is 478. The minimum Gasteiger partial charge on any atom is -0.489 e. The van der Waals surface area contributed by atoms with Gasteiger partial charge in [0.25, 0.3) is 0 Å². The van der Waals surface area contributed by atoms with E-state index in [0.717, 1.165) is 23.1 Å². The number of nitrogens with one attached hydrogen (secondary N) is 1. The molecule has 2 rings (SSSR count). The molecule has 0 amide bonds. The molecule has 1 fully saturated rings. The molecule has 1 N–H and O–H groups in total. The van der Waals surface area contributed by atoms with Crippen molar-refractivity contribution in [2.75, 3.05) is 13.7 Å². The van der Waals surface area contributed by atoms with Crippen LogP contribution in [0.5, 0.6) is 5.75 Å². The summed E-state index contributed by atoms with van der Waals surface area (Å²) in [6.45, 7) is 2.82. The Morgan fingerprint density at radius 3 is 3.00 bits per heavy atom. The topological polar surface area (TPSA) is 47.6 Å². The van der Waals surface area contributed by atoms with Gasteiger partial charge in [0.05, 0.1) is 7.11 Å². The summed E-state index contributed by atoms with van der Waals surface area (Å²) in [5, 5.41) is 3.13. The van der Waals surface area contributed by atoms with Crippen LogP contribution in [0.1, 0.15) is 25.3 Å². The van der Waals surface area contributed by atoms with E-state index in [2.05, 4.69) is 34.2 Å². The predicted molar refractivity (Wildman–Crippen MR) is 81.0 cm³/mol. The second kappa shape index (κ2) is 7.09. The minimum absolute atomic E-state index is 0.0101. The van der Waals surface area contributed by atoms with Crippen LogP contribution < -0.4 is 10.1 Å². The maximum atomic E-state index is 11.5. The number of esters is 1. The molecule has 0 spiro atoms. The predicted octanol–water partition coefficient (Wildman–Crippen LogP) is 2.68. The fraction of sp³-hybridized carbons (Fsp3) is 0.533. The molecule has 1 aromatic rings. The van der Waals surface area contributed by atoms with Crippen molar-refractivity contribution < 1.29 is 14.3 Å². The number of benzene rings is 1. The Morgan fingerprint density at radius 2 is 2.30 bits per heavy atom. The van der Waals surface area contributed by atoms with E-state index in [4.69, 9.17) is 9.47 Å². The molecular formula is C15H20BrNO3. The molecule has 0 aliphatic carbocycles. The SMILES string of the molecule is CCCc1cc(Br)ccc1O[C@@H]1CN[C@H](C(=O)OC)C1. The van der Waals surface area contributed by atoms with Crippen molar-refractivity contribution >= 4 is 21.9 Å². The number of carbonyl (C=O) groups excluding carboxylic acids is 1. The summed E-state index contributed by atoms with van der Waals surface area (Å²) in [6.07, 6.45) is 2.71. The third kappa shape index (κ3) is 3.73. The molecule has 0 radical (unpaired) electrons. The number of hydrogen-bond acceptors (Lipinski definition) is 4. The van der Waals surface area contributed by atoms with Gasteiger partial charge in [0.2, 0.25) is 0 Å². The second-order valence-corrected chi connectivity index (χ2v) is 5.88. The molecule has 0 saturated carbocycles. The van der Waals surface area contributed by atoms with Gasteiger partial charge in [-0.05, 0) is 30.2 Å². The third-order valence-electron chi connectivity index (χ3n) is 3.41. The molecule has 5 heteroatoms. The van der Waals surface area contributed by atoms with Crippen molar-refractivity contribution in [2.45, 2.75) is 38.3 Å². The number of ether oxygens (including phenoxy) is 2. The molecule has 20 heavy (non-hydrogen) atoms. The van der Waals surface area contributed by atoms with Gasteiger partial charge in [0.15, 0.2) is 0 Å². The molecule has 110 valence electrons. The summed E-state index contributed by atoms with van der Waals surface area (Å²) in [5.41, 5.74) is 1.20. The average Bonchev–Trinajstić information content (AvgIpc) is 2.90. The zero-order valence-corrected chi connectivity index (χ0v) is 13.4. The highest BCUT2D eigenvalue weighted by Crippen LogP contribution is 2.27. The van der Waals surface area contributed by atoms with Crippen LogP contribution in [0.15, 0.2) is 22.7 Å². The summed E-state index contributed by atoms with van der Waals surface area (Å²) in [4.78, 5) is 11.5. The van der Waals surface area contributed by atoms with Gasteiger partial charge < -0.3 is 14.8 Å². The lowest BCUT2D eigenvalue weighted by atomic mass is 10.1. The highest BCUT2D eigenvalue weighted by molar-refractivity contribution is 9.10. The first kappa shape index (κ1) is 15.3. The Hall–Kier alpha value is -1.07. The first-order valence-electron chi connectivity index (χ1n) is 6.90. The van der Waals surface area contributed by atoms with Gasteiger partial charge in [-0.3, -0.25) is 4.79 Å². The van der Waals surface area contributed by atoms with E-state index in [-0.39, 0.29) is 18.1 Å². The smallest absolute Gasteiger partial charge is 0.323 e. The maximum absolute atomic E-state index is 11.5. The molecule has 1 aromatic carbocycles. The largest absolute Gasteiger partial charge is 0.489 e. The normalized spacial score (nSPS) is 21.8. The fourth-order valence-corrected chi connectivity index (χ4v) is 2.83. The average molecular weight is 342 g/mol. The molecule has 1 aliphatic rings. The van der Waals surface area contributed by atoms with Gasteiger partial charge in [-0.25, -0.2) is 0 Å². The Labute approximate surface area is 128 Å². The first-order chi connectivity index (χ1) is 9.63. The van der Waals surface area contributed by atoms with Crippen molar-refractivity contribution in [3.8, 4) is 5.75 Å². The highest BCUT2D eigenvalue weighted by Gasteiger charge is 2.31. The Morgan fingerprint density at radius 1 is 1.50 bits per heavy atom. The van der Waals surface area contributed by atoms with Crippen LogP contribution in [0.4, 0.5) is 0 Å². The number of aryl methyl sites for hydroxylation is 1.